The SMILES string of the molecule is Cc1ccc([C@H](NC(=O)c2cc(F)c(Cl)nc2Cl)c2ccccc2)cc1. The fraction of sp³-hybridized carbons (Fsp3) is 0.100. The second-order valence-corrected chi connectivity index (χ2v) is 6.54. The van der Waals surface area contributed by atoms with Crippen LogP contribution in [0.2, 0.25) is 10.3 Å². The van der Waals surface area contributed by atoms with Gasteiger partial charge < -0.3 is 5.32 Å². The molecule has 0 bridgehead atoms. The van der Waals surface area contributed by atoms with Gasteiger partial charge in [0, 0.05) is 0 Å². The van der Waals surface area contributed by atoms with Crippen molar-refractivity contribution in [1.82, 2.24) is 10.3 Å². The Morgan fingerprint density at radius 2 is 1.62 bits per heavy atom. The van der Waals surface area contributed by atoms with Crippen molar-refractivity contribution in [3.8, 4) is 0 Å². The Kier molecular flexibility index (Phi) is 5.55. The summed E-state index contributed by atoms with van der Waals surface area (Å²) in [5, 5.41) is 2.38. The molecule has 0 saturated carbocycles. The Hall–Kier alpha value is -2.43. The first-order valence-electron chi connectivity index (χ1n) is 7.89. The van der Waals surface area contributed by atoms with E-state index in [1.807, 2.05) is 61.5 Å². The summed E-state index contributed by atoms with van der Waals surface area (Å²) in [6.07, 6.45) is 0. The van der Waals surface area contributed by atoms with Gasteiger partial charge in [-0.15, -0.1) is 0 Å². The molecular formula is C20H15Cl2FN2O. The van der Waals surface area contributed by atoms with Gasteiger partial charge in [0.25, 0.3) is 5.91 Å². The number of pyridine rings is 1. The van der Waals surface area contributed by atoms with Crippen LogP contribution in [0.25, 0.3) is 0 Å². The lowest BCUT2D eigenvalue weighted by Crippen LogP contribution is -2.29. The molecular weight excluding hydrogens is 374 g/mol. The molecule has 3 aromatic rings. The molecule has 1 atom stereocenters. The van der Waals surface area contributed by atoms with Crippen molar-refractivity contribution in [3.63, 3.8) is 0 Å². The van der Waals surface area contributed by atoms with E-state index in [-0.39, 0.29) is 15.9 Å². The maximum atomic E-state index is 13.7. The summed E-state index contributed by atoms with van der Waals surface area (Å²) in [5.74, 6) is -1.33. The lowest BCUT2D eigenvalue weighted by molar-refractivity contribution is 0.0942. The number of halogens is 3. The van der Waals surface area contributed by atoms with Crippen LogP contribution in [-0.2, 0) is 0 Å². The molecule has 2 aromatic carbocycles. The van der Waals surface area contributed by atoms with Crippen LogP contribution in [0.15, 0.2) is 60.7 Å². The number of amides is 1. The van der Waals surface area contributed by atoms with E-state index in [0.717, 1.165) is 22.8 Å². The molecule has 132 valence electrons. The van der Waals surface area contributed by atoms with Crippen molar-refractivity contribution in [2.24, 2.45) is 0 Å². The van der Waals surface area contributed by atoms with Gasteiger partial charge in [0.2, 0.25) is 0 Å². The number of carbonyl (C=O) groups excluding carboxylic acids is 1. The molecule has 3 nitrogen and oxygen atoms in total. The minimum absolute atomic E-state index is 0.0680. The first-order valence-corrected chi connectivity index (χ1v) is 8.65. The Morgan fingerprint density at radius 1 is 1.00 bits per heavy atom. The predicted octanol–water partition coefficient (Wildman–Crippen LogP) is 5.36. The second kappa shape index (κ2) is 7.85. The highest BCUT2D eigenvalue weighted by molar-refractivity contribution is 6.34. The molecule has 1 N–H and O–H groups in total. The number of rotatable bonds is 4. The third-order valence-electron chi connectivity index (χ3n) is 3.95. The van der Waals surface area contributed by atoms with E-state index in [0.29, 0.717) is 0 Å². The van der Waals surface area contributed by atoms with Gasteiger partial charge >= 0.3 is 0 Å². The van der Waals surface area contributed by atoms with E-state index >= 15 is 0 Å². The molecule has 0 aliphatic heterocycles. The van der Waals surface area contributed by atoms with E-state index < -0.39 is 17.8 Å². The largest absolute Gasteiger partial charge is 0.341 e. The maximum absolute atomic E-state index is 13.7. The number of benzene rings is 2. The van der Waals surface area contributed by atoms with Crippen molar-refractivity contribution < 1.29 is 9.18 Å². The average Bonchev–Trinajstić information content (AvgIpc) is 2.64. The highest BCUT2D eigenvalue weighted by atomic mass is 35.5. The van der Waals surface area contributed by atoms with Gasteiger partial charge in [-0.2, -0.15) is 0 Å². The number of hydrogen-bond acceptors (Lipinski definition) is 2. The van der Waals surface area contributed by atoms with Gasteiger partial charge in [-0.25, -0.2) is 9.37 Å². The molecule has 0 aliphatic carbocycles. The average molecular weight is 389 g/mol. The topological polar surface area (TPSA) is 42.0 Å². The molecule has 0 radical (unpaired) electrons. The van der Waals surface area contributed by atoms with Gasteiger partial charge in [-0.05, 0) is 24.1 Å². The highest BCUT2D eigenvalue weighted by Crippen LogP contribution is 2.25. The first-order chi connectivity index (χ1) is 12.5. The molecule has 1 aromatic heterocycles. The molecule has 1 heterocycles. The molecule has 0 unspecified atom stereocenters. The van der Waals surface area contributed by atoms with Crippen LogP contribution in [0.1, 0.15) is 33.1 Å². The van der Waals surface area contributed by atoms with Crippen molar-refractivity contribution >= 4 is 29.1 Å². The van der Waals surface area contributed by atoms with Gasteiger partial charge in [0.1, 0.15) is 5.15 Å². The minimum atomic E-state index is -0.798. The van der Waals surface area contributed by atoms with Crippen LogP contribution in [0.3, 0.4) is 0 Å². The highest BCUT2D eigenvalue weighted by Gasteiger charge is 2.21. The summed E-state index contributed by atoms with van der Waals surface area (Å²) in [6, 6.07) is 17.9. The number of nitrogens with zero attached hydrogens (tertiary/aromatic N) is 1. The Bertz CT molecular complexity index is 931. The summed E-state index contributed by atoms with van der Waals surface area (Å²) >= 11 is 11.6. The molecule has 0 aliphatic rings. The van der Waals surface area contributed by atoms with E-state index in [2.05, 4.69) is 10.3 Å². The monoisotopic (exact) mass is 388 g/mol. The summed E-state index contributed by atoms with van der Waals surface area (Å²) < 4.78 is 13.7. The summed E-state index contributed by atoms with van der Waals surface area (Å²) in [5.41, 5.74) is 2.83. The molecule has 26 heavy (non-hydrogen) atoms. The van der Waals surface area contributed by atoms with Gasteiger partial charge in [0.15, 0.2) is 11.0 Å². The minimum Gasteiger partial charge on any atom is -0.341 e. The van der Waals surface area contributed by atoms with Crippen molar-refractivity contribution in [2.75, 3.05) is 0 Å². The van der Waals surface area contributed by atoms with E-state index in [9.17, 15) is 9.18 Å². The first kappa shape index (κ1) is 18.4. The van der Waals surface area contributed by atoms with Gasteiger partial charge in [-0.1, -0.05) is 83.4 Å². The van der Waals surface area contributed by atoms with Crippen LogP contribution in [0.4, 0.5) is 4.39 Å². The molecule has 0 fully saturated rings. The number of aryl methyl sites for hydroxylation is 1. The maximum Gasteiger partial charge on any atom is 0.255 e. The van der Waals surface area contributed by atoms with Gasteiger partial charge in [-0.3, -0.25) is 4.79 Å². The van der Waals surface area contributed by atoms with Gasteiger partial charge in [0.05, 0.1) is 11.6 Å². The van der Waals surface area contributed by atoms with E-state index in [1.165, 1.54) is 0 Å². The smallest absolute Gasteiger partial charge is 0.255 e. The summed E-state index contributed by atoms with van der Waals surface area (Å²) in [4.78, 5) is 16.4. The zero-order valence-electron chi connectivity index (χ0n) is 13.8. The van der Waals surface area contributed by atoms with Crippen LogP contribution < -0.4 is 5.32 Å². The molecule has 1 amide bonds. The summed E-state index contributed by atoms with van der Waals surface area (Å²) in [7, 11) is 0. The van der Waals surface area contributed by atoms with Crippen molar-refractivity contribution in [2.45, 2.75) is 13.0 Å². The third kappa shape index (κ3) is 4.03. The number of aromatic nitrogens is 1. The molecule has 6 heteroatoms. The van der Waals surface area contributed by atoms with Crippen LogP contribution in [-0.4, -0.2) is 10.9 Å². The van der Waals surface area contributed by atoms with Crippen LogP contribution in [0, 0.1) is 12.7 Å². The molecule has 3 rings (SSSR count). The fourth-order valence-electron chi connectivity index (χ4n) is 2.58. The number of hydrogen-bond donors (Lipinski definition) is 1. The quantitative estimate of drug-likeness (QED) is 0.611. The lowest BCUT2D eigenvalue weighted by Gasteiger charge is -2.20. The zero-order chi connectivity index (χ0) is 18.7. The molecule has 0 spiro atoms. The Balaban J connectivity index is 1.97. The number of carbonyl (C=O) groups is 1. The number of nitrogens with one attached hydrogen (secondary N) is 1. The second-order valence-electron chi connectivity index (χ2n) is 5.83. The fourth-order valence-corrected chi connectivity index (χ4v) is 2.98. The van der Waals surface area contributed by atoms with Crippen molar-refractivity contribution in [1.29, 1.82) is 0 Å². The zero-order valence-corrected chi connectivity index (χ0v) is 15.4. The third-order valence-corrected chi connectivity index (χ3v) is 4.50. The normalized spacial score (nSPS) is 11.8. The van der Waals surface area contributed by atoms with Crippen LogP contribution in [0.5, 0.6) is 0 Å². The Labute approximate surface area is 160 Å². The lowest BCUT2D eigenvalue weighted by atomic mass is 9.97. The van der Waals surface area contributed by atoms with E-state index in [1.54, 1.807) is 0 Å². The predicted molar refractivity (Wildman–Crippen MR) is 101 cm³/mol. The van der Waals surface area contributed by atoms with Crippen molar-refractivity contribution in [3.05, 3.63) is 99.0 Å². The Morgan fingerprint density at radius 3 is 2.27 bits per heavy atom. The van der Waals surface area contributed by atoms with E-state index in [4.69, 9.17) is 23.2 Å². The standard InChI is InChI=1S/C20H15Cl2FN2O/c1-12-7-9-14(10-8-12)17(13-5-3-2-4-6-13)24-20(26)15-11-16(23)19(22)25-18(15)21/h2-11,17H,1H3,(H,24,26)/t17-/m1/s1. The van der Waals surface area contributed by atoms with Crippen LogP contribution >= 0.6 is 23.2 Å². The summed E-state index contributed by atoms with van der Waals surface area (Å²) in [6.45, 7) is 1.99. The molecule has 0 saturated heterocycles.